The van der Waals surface area contributed by atoms with E-state index in [1.54, 1.807) is 0 Å². The van der Waals surface area contributed by atoms with Gasteiger partial charge in [0.2, 0.25) is 0 Å². The monoisotopic (exact) mass is 832 g/mol. The Morgan fingerprint density at radius 2 is 0.869 bits per heavy atom. The molecule has 11 nitrogen and oxygen atoms in total. The van der Waals surface area contributed by atoms with Gasteiger partial charge in [0.15, 0.2) is 18.4 Å². The minimum atomic E-state index is -1.14. The highest BCUT2D eigenvalue weighted by Gasteiger charge is 2.58. The summed E-state index contributed by atoms with van der Waals surface area (Å²) in [4.78, 5) is 0. The number of aliphatic hydroxyl groups excluding tert-OH is 1. The first kappa shape index (κ1) is 43.3. The van der Waals surface area contributed by atoms with Crippen LogP contribution < -0.4 is 0 Å². The van der Waals surface area contributed by atoms with E-state index < -0.39 is 67.2 Å². The standard InChI is InChI=1S/C50H56O11/c1-50(2)60-47-45(55-31-38-24-14-6-15-25-38)43(41(58-49(47)61-50)34-53-29-36-20-10-4-11-21-36)59-48-46(56-32-39-26-16-7-17-27-39)44(54-30-37-22-12-5-13-23-37)42(51)40(57-48)33-52-28-35-18-8-3-9-19-35/h3-27,40-49,51H,28-34H2,1-2H3/t40-,41-,42-,43-,44+,45+,46-,47-,48-,49-/m1/s1. The molecule has 0 aliphatic carbocycles. The lowest BCUT2D eigenvalue weighted by Crippen LogP contribution is -2.65. The third-order valence-corrected chi connectivity index (χ3v) is 11.0. The molecule has 5 aromatic rings. The predicted molar refractivity (Wildman–Crippen MR) is 225 cm³/mol. The van der Waals surface area contributed by atoms with E-state index in [1.165, 1.54) is 0 Å². The number of fused-ring (bicyclic) bond motifs is 1. The van der Waals surface area contributed by atoms with Crippen molar-refractivity contribution in [2.24, 2.45) is 0 Å². The van der Waals surface area contributed by atoms with E-state index in [2.05, 4.69) is 0 Å². The van der Waals surface area contributed by atoms with Gasteiger partial charge in [-0.25, -0.2) is 0 Å². The molecular weight excluding hydrogens is 777 g/mol. The van der Waals surface area contributed by atoms with Gasteiger partial charge in [0.1, 0.15) is 48.8 Å². The Kier molecular flexibility index (Phi) is 15.0. The summed E-state index contributed by atoms with van der Waals surface area (Å²) in [5, 5.41) is 12.1. The lowest BCUT2D eigenvalue weighted by molar-refractivity contribution is -0.360. The van der Waals surface area contributed by atoms with E-state index in [0.717, 1.165) is 27.8 Å². The topological polar surface area (TPSA) is 113 Å². The maximum atomic E-state index is 12.1. The summed E-state index contributed by atoms with van der Waals surface area (Å²) in [7, 11) is 0. The normalized spacial score (nSPS) is 28.3. The minimum absolute atomic E-state index is 0.0566. The van der Waals surface area contributed by atoms with Crippen molar-refractivity contribution >= 4 is 0 Å². The van der Waals surface area contributed by atoms with E-state index in [9.17, 15) is 5.11 Å². The van der Waals surface area contributed by atoms with E-state index in [4.69, 9.17) is 47.4 Å². The molecule has 3 heterocycles. The second-order valence-corrected chi connectivity index (χ2v) is 16.1. The number of rotatable bonds is 19. The highest BCUT2D eigenvalue weighted by atomic mass is 16.8. The van der Waals surface area contributed by atoms with Crippen molar-refractivity contribution in [2.75, 3.05) is 13.2 Å². The smallest absolute Gasteiger partial charge is 0.190 e. The van der Waals surface area contributed by atoms with Gasteiger partial charge in [-0.1, -0.05) is 152 Å². The van der Waals surface area contributed by atoms with Gasteiger partial charge in [0, 0.05) is 0 Å². The zero-order valence-corrected chi connectivity index (χ0v) is 34.7. The van der Waals surface area contributed by atoms with Crippen LogP contribution in [0.25, 0.3) is 0 Å². The van der Waals surface area contributed by atoms with Crippen LogP contribution in [0.5, 0.6) is 0 Å². The van der Waals surface area contributed by atoms with Gasteiger partial charge < -0.3 is 52.5 Å². The Labute approximate surface area is 358 Å². The van der Waals surface area contributed by atoms with Gasteiger partial charge >= 0.3 is 0 Å². The van der Waals surface area contributed by atoms with Crippen molar-refractivity contribution in [1.82, 2.24) is 0 Å². The Balaban J connectivity index is 1.12. The fourth-order valence-corrected chi connectivity index (χ4v) is 7.92. The Morgan fingerprint density at radius 3 is 1.34 bits per heavy atom. The molecular formula is C50H56O11. The molecule has 0 saturated carbocycles. The van der Waals surface area contributed by atoms with E-state index in [1.807, 2.05) is 166 Å². The Morgan fingerprint density at radius 1 is 0.459 bits per heavy atom. The average Bonchev–Trinajstić information content (AvgIpc) is 3.61. The molecule has 0 radical (unpaired) electrons. The summed E-state index contributed by atoms with van der Waals surface area (Å²) < 4.78 is 66.3. The van der Waals surface area contributed by atoms with E-state index in [-0.39, 0.29) is 33.0 Å². The molecule has 5 aromatic carbocycles. The zero-order chi connectivity index (χ0) is 41.9. The molecule has 3 fully saturated rings. The number of hydrogen-bond acceptors (Lipinski definition) is 11. The molecule has 0 unspecified atom stereocenters. The predicted octanol–water partition coefficient (Wildman–Crippen LogP) is 7.52. The molecule has 3 saturated heterocycles. The maximum absolute atomic E-state index is 12.1. The third kappa shape index (κ3) is 11.8. The minimum Gasteiger partial charge on any atom is -0.387 e. The van der Waals surface area contributed by atoms with Gasteiger partial charge in [-0.2, -0.15) is 0 Å². The van der Waals surface area contributed by atoms with Crippen molar-refractivity contribution in [1.29, 1.82) is 0 Å². The third-order valence-electron chi connectivity index (χ3n) is 11.0. The lowest BCUT2D eigenvalue weighted by atomic mass is 9.96. The summed E-state index contributed by atoms with van der Waals surface area (Å²) in [6.07, 6.45) is -8.59. The number of ether oxygens (including phenoxy) is 10. The summed E-state index contributed by atoms with van der Waals surface area (Å²) >= 11 is 0. The fraction of sp³-hybridized carbons (Fsp3) is 0.400. The van der Waals surface area contributed by atoms with Gasteiger partial charge in [0.05, 0.1) is 46.2 Å². The first-order valence-electron chi connectivity index (χ1n) is 21.1. The lowest BCUT2D eigenvalue weighted by Gasteiger charge is -2.48. The van der Waals surface area contributed by atoms with Crippen LogP contribution >= 0.6 is 0 Å². The van der Waals surface area contributed by atoms with E-state index >= 15 is 0 Å². The van der Waals surface area contributed by atoms with Crippen molar-refractivity contribution in [2.45, 2.75) is 114 Å². The van der Waals surface area contributed by atoms with Crippen LogP contribution in [0.4, 0.5) is 0 Å². The van der Waals surface area contributed by atoms with Crippen LogP contribution in [0.1, 0.15) is 41.7 Å². The molecule has 3 aliphatic heterocycles. The van der Waals surface area contributed by atoms with E-state index in [0.29, 0.717) is 13.2 Å². The molecule has 11 heteroatoms. The number of benzene rings is 5. The van der Waals surface area contributed by atoms with Crippen molar-refractivity contribution in [3.05, 3.63) is 179 Å². The largest absolute Gasteiger partial charge is 0.387 e. The van der Waals surface area contributed by atoms with Gasteiger partial charge in [-0.05, 0) is 41.7 Å². The van der Waals surface area contributed by atoms with Gasteiger partial charge in [-0.15, -0.1) is 0 Å². The summed E-state index contributed by atoms with van der Waals surface area (Å²) in [6, 6.07) is 49.4. The van der Waals surface area contributed by atoms with Crippen molar-refractivity contribution in [3.63, 3.8) is 0 Å². The van der Waals surface area contributed by atoms with Crippen LogP contribution in [0.2, 0.25) is 0 Å². The summed E-state index contributed by atoms with van der Waals surface area (Å²) in [5.41, 5.74) is 4.86. The highest BCUT2D eigenvalue weighted by Crippen LogP contribution is 2.41. The van der Waals surface area contributed by atoms with Crippen LogP contribution in [0.15, 0.2) is 152 Å². The fourth-order valence-electron chi connectivity index (χ4n) is 7.92. The highest BCUT2D eigenvalue weighted by molar-refractivity contribution is 5.17. The molecule has 3 aliphatic rings. The Bertz CT molecular complexity index is 2010. The quantitative estimate of drug-likeness (QED) is 0.0892. The Hall–Kier alpha value is -4.34. The summed E-state index contributed by atoms with van der Waals surface area (Å²) in [5.74, 6) is -0.960. The van der Waals surface area contributed by atoms with Gasteiger partial charge in [0.25, 0.3) is 0 Å². The van der Waals surface area contributed by atoms with Crippen LogP contribution in [0.3, 0.4) is 0 Å². The average molecular weight is 833 g/mol. The van der Waals surface area contributed by atoms with Crippen LogP contribution in [-0.4, -0.2) is 85.5 Å². The SMILES string of the molecule is CC1(C)O[C@H]2O[C@H](COCc3ccccc3)[C@@H](O[C@H]3O[C@H](COCc4ccccc4)[C@@H](O)[C@H](OCc4ccccc4)[C@H]3OCc3ccccc3)[C@H](OCc3ccccc3)[C@H]2O1. The molecule has 0 spiro atoms. The number of aliphatic hydroxyl groups is 1. The van der Waals surface area contributed by atoms with Crippen LogP contribution in [0, 0.1) is 0 Å². The molecule has 1 N–H and O–H groups in total. The molecule has 0 amide bonds. The molecule has 0 aromatic heterocycles. The zero-order valence-electron chi connectivity index (χ0n) is 34.7. The second kappa shape index (κ2) is 21.2. The van der Waals surface area contributed by atoms with Crippen molar-refractivity contribution in [3.8, 4) is 0 Å². The molecule has 322 valence electrons. The molecule has 8 rings (SSSR count). The maximum Gasteiger partial charge on any atom is 0.190 e. The first-order chi connectivity index (χ1) is 29.9. The first-order valence-corrected chi connectivity index (χ1v) is 21.1. The number of hydrogen-bond donors (Lipinski definition) is 1. The van der Waals surface area contributed by atoms with Crippen molar-refractivity contribution < 1.29 is 52.5 Å². The molecule has 61 heavy (non-hydrogen) atoms. The second-order valence-electron chi connectivity index (χ2n) is 16.1. The molecule has 0 bridgehead atoms. The molecule has 10 atom stereocenters. The van der Waals surface area contributed by atoms with Crippen LogP contribution in [-0.2, 0) is 80.4 Å². The van der Waals surface area contributed by atoms with Gasteiger partial charge in [-0.3, -0.25) is 0 Å². The summed E-state index contributed by atoms with van der Waals surface area (Å²) in [6.45, 7) is 5.27.